The summed E-state index contributed by atoms with van der Waals surface area (Å²) in [6.07, 6.45) is 6.31. The van der Waals surface area contributed by atoms with Crippen molar-refractivity contribution in [1.29, 1.82) is 0 Å². The van der Waals surface area contributed by atoms with Gasteiger partial charge in [-0.1, -0.05) is 245 Å². The fourth-order valence-corrected chi connectivity index (χ4v) is 20.1. The topological polar surface area (TPSA) is 79.9 Å². The van der Waals surface area contributed by atoms with Gasteiger partial charge in [-0.15, -0.1) is 0 Å². The molecular weight excluding hydrogens is 1490 g/mol. The number of aromatic nitrogens is 12. The highest BCUT2D eigenvalue weighted by Gasteiger charge is 2.41. The van der Waals surface area contributed by atoms with Gasteiger partial charge in [0.2, 0.25) is 0 Å². The molecule has 6 aromatic heterocycles. The normalized spacial score (nSPS) is 13.1. The van der Waals surface area contributed by atoms with Crippen molar-refractivity contribution in [3.05, 3.63) is 358 Å². The molecular formula is C110H105N12+3. The van der Waals surface area contributed by atoms with Gasteiger partial charge in [0.1, 0.15) is 34.5 Å². The van der Waals surface area contributed by atoms with Crippen LogP contribution in [0.3, 0.4) is 0 Å². The molecule has 0 fully saturated rings. The van der Waals surface area contributed by atoms with Gasteiger partial charge < -0.3 is 4.57 Å². The van der Waals surface area contributed by atoms with Crippen molar-refractivity contribution in [2.75, 3.05) is 0 Å². The Morgan fingerprint density at radius 1 is 0.328 bits per heavy atom. The molecule has 12 heteroatoms. The fourth-order valence-electron chi connectivity index (χ4n) is 20.1. The second-order valence-electron chi connectivity index (χ2n) is 34.8. The largest absolute Gasteiger partial charge is 0.303 e. The van der Waals surface area contributed by atoms with Crippen LogP contribution in [0.15, 0.2) is 279 Å². The summed E-state index contributed by atoms with van der Waals surface area (Å²) in [5, 5.41) is 0. The van der Waals surface area contributed by atoms with Crippen LogP contribution in [0, 0.1) is 20.8 Å². The number of benzene rings is 13. The van der Waals surface area contributed by atoms with Crippen LogP contribution in [0.4, 0.5) is 0 Å². The zero-order valence-corrected chi connectivity index (χ0v) is 72.7. The van der Waals surface area contributed by atoms with E-state index in [1.807, 2.05) is 59.9 Å². The first kappa shape index (κ1) is 73.6. The predicted octanol–water partition coefficient (Wildman–Crippen LogP) is 24.8. The van der Waals surface area contributed by atoms with Crippen LogP contribution in [0.2, 0.25) is 0 Å². The van der Waals surface area contributed by atoms with Crippen LogP contribution < -0.4 is 13.7 Å². The lowest BCUT2D eigenvalue weighted by atomic mass is 9.89. The molecule has 0 spiro atoms. The van der Waals surface area contributed by atoms with Crippen LogP contribution in [0.1, 0.15) is 182 Å². The first-order chi connectivity index (χ1) is 60.1. The molecule has 602 valence electrons. The van der Waals surface area contributed by atoms with Gasteiger partial charge in [-0.3, -0.25) is 9.13 Å². The van der Waals surface area contributed by atoms with E-state index in [0.29, 0.717) is 11.8 Å². The highest BCUT2D eigenvalue weighted by molar-refractivity contribution is 5.94. The molecule has 3 aliphatic rings. The molecule has 122 heavy (non-hydrogen) atoms. The minimum absolute atomic E-state index is 0.400. The average Bonchev–Trinajstić information content (AvgIpc) is 1.57. The van der Waals surface area contributed by atoms with Crippen molar-refractivity contribution in [3.8, 4) is 90.5 Å². The lowest BCUT2D eigenvalue weighted by molar-refractivity contribution is -0.634. The van der Waals surface area contributed by atoms with Crippen molar-refractivity contribution >= 4 is 55.2 Å². The number of nitrogens with zero attached hydrogens (tertiary/aromatic N) is 12. The molecule has 9 heterocycles. The molecule has 0 saturated carbocycles. The Hall–Kier alpha value is -13.6. The fraction of sp³-hybridized carbons (Fsp3) is 0.218. The molecule has 0 unspecified atom stereocenters. The Kier molecular flexibility index (Phi) is 18.3. The van der Waals surface area contributed by atoms with Gasteiger partial charge in [-0.05, 0) is 191 Å². The molecule has 12 nitrogen and oxygen atoms in total. The van der Waals surface area contributed by atoms with Crippen molar-refractivity contribution < 1.29 is 17.8 Å². The first-order valence-corrected chi connectivity index (χ1v) is 43.0. The molecule has 0 atom stereocenters. The highest BCUT2D eigenvalue weighted by Crippen LogP contribution is 2.49. The van der Waals surface area contributed by atoms with Gasteiger partial charge in [0.25, 0.3) is 17.5 Å². The van der Waals surface area contributed by atoms with Crippen LogP contribution in [0.5, 0.6) is 0 Å². The lowest BCUT2D eigenvalue weighted by Crippen LogP contribution is -2.31. The third kappa shape index (κ3) is 12.3. The van der Waals surface area contributed by atoms with Gasteiger partial charge in [0.15, 0.2) is 33.1 Å². The molecule has 0 bridgehead atoms. The van der Waals surface area contributed by atoms with Gasteiger partial charge in [0.05, 0.1) is 77.0 Å². The number of para-hydroxylation sites is 12. The Morgan fingerprint density at radius 3 is 1.07 bits per heavy atom. The van der Waals surface area contributed by atoms with Crippen molar-refractivity contribution in [3.63, 3.8) is 0 Å². The number of hydrogen-bond acceptors (Lipinski definition) is 3. The molecule has 0 radical (unpaired) electrons. The molecule has 19 aromatic rings. The summed E-state index contributed by atoms with van der Waals surface area (Å²) in [6, 6.07) is 95.1. The van der Waals surface area contributed by atoms with E-state index in [2.05, 4.69) is 372 Å². The molecule has 0 saturated heterocycles. The Morgan fingerprint density at radius 2 is 0.672 bits per heavy atom. The van der Waals surface area contributed by atoms with Gasteiger partial charge in [-0.25, -0.2) is 28.7 Å². The summed E-state index contributed by atoms with van der Waals surface area (Å²) in [5.41, 5.74) is 39.6. The predicted molar refractivity (Wildman–Crippen MR) is 500 cm³/mol. The summed E-state index contributed by atoms with van der Waals surface area (Å²) >= 11 is 0. The molecule has 0 amide bonds. The zero-order valence-electron chi connectivity index (χ0n) is 75.7. The molecule has 22 rings (SSSR count). The first-order valence-electron chi connectivity index (χ1n) is 44.5. The number of imidazole rings is 6. The molecule has 0 N–H and O–H groups in total. The van der Waals surface area contributed by atoms with Crippen LogP contribution in [-0.2, 0) is 40.4 Å². The Labute approximate surface area is 719 Å². The standard InChI is InChI=1S/C40H35N4.2C35H35N4/c1-26(2)30-23-31(28-13-7-5-8-14-28)39(32(24-30)29-15-9-6-10-16-29)44-36-18-12-11-17-35(36)42(4)40(44)38-27(3)19-20-34-33(38)25-37-41-21-22-43(34)37;2*1-21(2)24-12-11-13-25(22(3)4)34(24)39-31-17-10-9-16-30(31)37(6)35(39)33-23(5)18-19-28-26(33)20-32-36-27-14-7-8-15-29(27)38(28)32/h5-24,26H,25H2,1-4H3;2*7-19,21-22H,20H2,1-6H3/q3*+1/i26D;21D,22D;. The number of aryl methyl sites for hydroxylation is 6. The van der Waals surface area contributed by atoms with Gasteiger partial charge in [-0.2, -0.15) is 13.7 Å². The summed E-state index contributed by atoms with van der Waals surface area (Å²) in [7, 11) is 6.55. The highest BCUT2D eigenvalue weighted by atomic mass is 15.2. The van der Waals surface area contributed by atoms with Gasteiger partial charge >= 0.3 is 0 Å². The minimum Gasteiger partial charge on any atom is -0.303 e. The zero-order chi connectivity index (χ0) is 86.7. The third-order valence-corrected chi connectivity index (χ3v) is 25.9. The second-order valence-corrected chi connectivity index (χ2v) is 34.8. The third-order valence-electron chi connectivity index (χ3n) is 25.9. The van der Waals surface area contributed by atoms with E-state index in [-0.39, 0.29) is 0 Å². The monoisotopic (exact) mass is 1600 g/mol. The number of fused-ring (bicyclic) bond motifs is 16. The second kappa shape index (κ2) is 30.3. The summed E-state index contributed by atoms with van der Waals surface area (Å²) < 4.78 is 48.7. The van der Waals surface area contributed by atoms with E-state index in [9.17, 15) is 0 Å². The maximum absolute atomic E-state index is 9.17. The molecule has 0 aliphatic carbocycles. The van der Waals surface area contributed by atoms with E-state index < -0.39 is 17.7 Å². The quantitative estimate of drug-likeness (QED) is 0.108. The van der Waals surface area contributed by atoms with Crippen molar-refractivity contribution in [2.45, 2.75) is 139 Å². The minimum atomic E-state index is -0.868. The number of hydrogen-bond donors (Lipinski definition) is 0. The van der Waals surface area contributed by atoms with E-state index in [4.69, 9.17) is 19.1 Å². The summed E-state index contributed by atoms with van der Waals surface area (Å²) in [4.78, 5) is 14.7. The Bertz CT molecular complexity index is 7470. The maximum Gasteiger partial charge on any atom is 0.295 e. The molecule has 3 aliphatic heterocycles. The van der Waals surface area contributed by atoms with Crippen molar-refractivity contribution in [2.24, 2.45) is 21.1 Å². The Balaban J connectivity index is 0.000000119. The molecule has 13 aromatic carbocycles. The van der Waals surface area contributed by atoms with E-state index in [0.717, 1.165) is 137 Å². The van der Waals surface area contributed by atoms with Crippen LogP contribution in [0.25, 0.3) is 146 Å². The average molecular weight is 1600 g/mol. The van der Waals surface area contributed by atoms with E-state index in [1.54, 1.807) is 0 Å². The SMILES string of the molecule is Cc1ccc2c(c1-c1n(-c3c(C(C)C)cccc3C(C)C)c3ccccc3[n+]1C)Cc1nc3ccccc3n1-2.[2H]C(C)(C)c1cc(-c2ccccc2)c(-n2c(-c3c(C)ccc4c3Cc3nccn3-4)[n+](C)c3ccccc32)c(-c2ccccc2)c1.[2H]C(C)(C)c1cccc(C([2H])(C)C)c1-n1c(-c2c(C)ccc3c2Cc2nc4ccccc4n2-3)[n+](C)c2ccccc21. The van der Waals surface area contributed by atoms with Crippen molar-refractivity contribution in [1.82, 2.24) is 42.4 Å². The van der Waals surface area contributed by atoms with Crippen LogP contribution >= 0.6 is 0 Å². The van der Waals surface area contributed by atoms with E-state index in [1.165, 1.54) is 106 Å². The number of rotatable bonds is 13. The van der Waals surface area contributed by atoms with E-state index >= 15 is 0 Å². The van der Waals surface area contributed by atoms with Gasteiger partial charge in [0, 0.05) is 69.1 Å². The maximum atomic E-state index is 9.17. The van der Waals surface area contributed by atoms with Crippen LogP contribution in [-0.4, -0.2) is 42.4 Å². The smallest absolute Gasteiger partial charge is 0.295 e. The summed E-state index contributed by atoms with van der Waals surface area (Å²) in [5.74, 6) is 4.94. The lowest BCUT2D eigenvalue weighted by Gasteiger charge is -2.19. The summed E-state index contributed by atoms with van der Waals surface area (Å²) in [6.45, 7) is 27.6.